The maximum Gasteiger partial charge on any atom is 0.335 e. The SMILES string of the molecule is C=CCn1nc2ccc(C(=O)O)cc2n1. The fraction of sp³-hybridized carbons (Fsp3) is 0.100. The standard InChI is InChI=1S/C10H9N3O2/c1-2-5-13-11-8-4-3-7(10(14)15)6-9(8)12-13/h2-4,6H,1,5H2,(H,14,15). The summed E-state index contributed by atoms with van der Waals surface area (Å²) in [5.41, 5.74) is 1.48. The molecule has 0 spiro atoms. The van der Waals surface area contributed by atoms with Crippen LogP contribution in [0.3, 0.4) is 0 Å². The third-order valence-corrected chi connectivity index (χ3v) is 1.96. The third kappa shape index (κ3) is 1.71. The number of fused-ring (bicyclic) bond motifs is 1. The minimum atomic E-state index is -0.963. The van der Waals surface area contributed by atoms with E-state index in [-0.39, 0.29) is 5.56 Å². The van der Waals surface area contributed by atoms with Gasteiger partial charge >= 0.3 is 5.97 Å². The Balaban J connectivity index is 2.51. The smallest absolute Gasteiger partial charge is 0.335 e. The first kappa shape index (κ1) is 9.39. The molecule has 0 fully saturated rings. The first-order valence-corrected chi connectivity index (χ1v) is 4.40. The van der Waals surface area contributed by atoms with Crippen LogP contribution in [-0.2, 0) is 6.54 Å². The van der Waals surface area contributed by atoms with Gasteiger partial charge in [0.15, 0.2) is 0 Å². The van der Waals surface area contributed by atoms with Gasteiger partial charge in [0, 0.05) is 0 Å². The van der Waals surface area contributed by atoms with E-state index in [1.165, 1.54) is 16.9 Å². The van der Waals surface area contributed by atoms with E-state index < -0.39 is 5.97 Å². The first-order chi connectivity index (χ1) is 7.20. The number of aromatic carboxylic acids is 1. The molecule has 5 heteroatoms. The van der Waals surface area contributed by atoms with Crippen LogP contribution in [0.2, 0.25) is 0 Å². The Morgan fingerprint density at radius 1 is 1.47 bits per heavy atom. The summed E-state index contributed by atoms with van der Waals surface area (Å²) < 4.78 is 0. The van der Waals surface area contributed by atoms with Gasteiger partial charge in [0.2, 0.25) is 0 Å². The molecule has 2 aromatic rings. The van der Waals surface area contributed by atoms with Crippen LogP contribution in [0.5, 0.6) is 0 Å². The zero-order chi connectivity index (χ0) is 10.8. The number of hydrogen-bond donors (Lipinski definition) is 1. The number of nitrogens with zero attached hydrogens (tertiary/aromatic N) is 3. The number of hydrogen-bond acceptors (Lipinski definition) is 3. The Kier molecular flexibility index (Phi) is 2.21. The van der Waals surface area contributed by atoms with E-state index >= 15 is 0 Å². The van der Waals surface area contributed by atoms with Crippen LogP contribution in [-0.4, -0.2) is 26.1 Å². The number of rotatable bonds is 3. The zero-order valence-corrected chi connectivity index (χ0v) is 7.92. The average molecular weight is 203 g/mol. The molecule has 2 rings (SSSR count). The van der Waals surface area contributed by atoms with Gasteiger partial charge in [-0.3, -0.25) is 0 Å². The quantitative estimate of drug-likeness (QED) is 0.764. The molecule has 0 saturated carbocycles. The summed E-state index contributed by atoms with van der Waals surface area (Å²) in [5.74, 6) is -0.963. The summed E-state index contributed by atoms with van der Waals surface area (Å²) in [5, 5.41) is 17.0. The van der Waals surface area contributed by atoms with Crippen molar-refractivity contribution in [2.24, 2.45) is 0 Å². The van der Waals surface area contributed by atoms with Gasteiger partial charge in [-0.15, -0.1) is 6.58 Å². The summed E-state index contributed by atoms with van der Waals surface area (Å²) in [7, 11) is 0. The number of benzene rings is 1. The summed E-state index contributed by atoms with van der Waals surface area (Å²) >= 11 is 0. The highest BCUT2D eigenvalue weighted by Crippen LogP contribution is 2.11. The van der Waals surface area contributed by atoms with Gasteiger partial charge in [0.25, 0.3) is 0 Å². The second kappa shape index (κ2) is 3.53. The topological polar surface area (TPSA) is 68.0 Å². The van der Waals surface area contributed by atoms with E-state index in [2.05, 4.69) is 16.8 Å². The van der Waals surface area contributed by atoms with E-state index in [0.717, 1.165) is 0 Å². The molecule has 1 aromatic carbocycles. The van der Waals surface area contributed by atoms with Crippen LogP contribution in [0.15, 0.2) is 30.9 Å². The molecule has 0 bridgehead atoms. The van der Waals surface area contributed by atoms with E-state index in [0.29, 0.717) is 17.6 Å². The molecule has 0 atom stereocenters. The Labute approximate surface area is 85.6 Å². The normalized spacial score (nSPS) is 10.4. The van der Waals surface area contributed by atoms with Crippen molar-refractivity contribution in [3.05, 3.63) is 36.4 Å². The molecular formula is C10H9N3O2. The van der Waals surface area contributed by atoms with Gasteiger partial charge in [-0.2, -0.15) is 15.0 Å². The second-order valence-electron chi connectivity index (χ2n) is 3.05. The summed E-state index contributed by atoms with van der Waals surface area (Å²) in [6.45, 7) is 4.09. The van der Waals surface area contributed by atoms with Gasteiger partial charge in [0.05, 0.1) is 12.1 Å². The molecule has 0 aliphatic rings. The maximum atomic E-state index is 10.7. The predicted molar refractivity (Wildman–Crippen MR) is 54.7 cm³/mol. The van der Waals surface area contributed by atoms with Crippen LogP contribution in [0.25, 0.3) is 11.0 Å². The Bertz CT molecular complexity index is 530. The molecule has 1 aromatic heterocycles. The number of carbonyl (C=O) groups is 1. The van der Waals surface area contributed by atoms with Crippen LogP contribution < -0.4 is 0 Å². The highest BCUT2D eigenvalue weighted by atomic mass is 16.4. The number of carboxylic acids is 1. The molecule has 0 unspecified atom stereocenters. The molecule has 0 aliphatic heterocycles. The van der Waals surface area contributed by atoms with Gasteiger partial charge in [0.1, 0.15) is 11.0 Å². The molecule has 0 aliphatic carbocycles. The van der Waals surface area contributed by atoms with E-state index in [9.17, 15) is 4.79 Å². The fourth-order valence-electron chi connectivity index (χ4n) is 1.29. The average Bonchev–Trinajstić information content (AvgIpc) is 2.59. The third-order valence-electron chi connectivity index (χ3n) is 1.96. The van der Waals surface area contributed by atoms with E-state index in [1.54, 1.807) is 12.1 Å². The van der Waals surface area contributed by atoms with Gasteiger partial charge in [-0.25, -0.2) is 4.79 Å². The van der Waals surface area contributed by atoms with Crippen LogP contribution in [0, 0.1) is 0 Å². The lowest BCUT2D eigenvalue weighted by molar-refractivity contribution is 0.0697. The van der Waals surface area contributed by atoms with Crippen molar-refractivity contribution >= 4 is 17.0 Å². The van der Waals surface area contributed by atoms with Crippen LogP contribution in [0.1, 0.15) is 10.4 Å². The van der Waals surface area contributed by atoms with Crippen molar-refractivity contribution in [1.29, 1.82) is 0 Å². The molecule has 1 heterocycles. The molecule has 5 nitrogen and oxygen atoms in total. The molecule has 0 saturated heterocycles. The lowest BCUT2D eigenvalue weighted by Crippen LogP contribution is -1.98. The number of carboxylic acid groups (broad SMARTS) is 1. The molecule has 0 radical (unpaired) electrons. The largest absolute Gasteiger partial charge is 0.478 e. The molecular weight excluding hydrogens is 194 g/mol. The van der Waals surface area contributed by atoms with Crippen molar-refractivity contribution in [2.75, 3.05) is 0 Å². The Morgan fingerprint density at radius 3 is 2.87 bits per heavy atom. The second-order valence-corrected chi connectivity index (χ2v) is 3.05. The van der Waals surface area contributed by atoms with Crippen molar-refractivity contribution in [1.82, 2.24) is 15.0 Å². The minimum absolute atomic E-state index is 0.216. The van der Waals surface area contributed by atoms with E-state index in [1.807, 2.05) is 0 Å². The van der Waals surface area contributed by atoms with Crippen LogP contribution in [0.4, 0.5) is 0 Å². The van der Waals surface area contributed by atoms with Gasteiger partial charge in [-0.1, -0.05) is 6.08 Å². The number of aromatic nitrogens is 3. The summed E-state index contributed by atoms with van der Waals surface area (Å²) in [6.07, 6.45) is 1.68. The molecule has 76 valence electrons. The number of allylic oxidation sites excluding steroid dienone is 1. The predicted octanol–water partition coefficient (Wildman–Crippen LogP) is 1.32. The summed E-state index contributed by atoms with van der Waals surface area (Å²) in [6, 6.07) is 4.66. The zero-order valence-electron chi connectivity index (χ0n) is 7.92. The first-order valence-electron chi connectivity index (χ1n) is 4.40. The minimum Gasteiger partial charge on any atom is -0.478 e. The van der Waals surface area contributed by atoms with Crippen molar-refractivity contribution in [3.8, 4) is 0 Å². The lowest BCUT2D eigenvalue weighted by atomic mass is 10.2. The Hall–Kier alpha value is -2.17. The van der Waals surface area contributed by atoms with Crippen LogP contribution >= 0.6 is 0 Å². The fourth-order valence-corrected chi connectivity index (χ4v) is 1.29. The monoisotopic (exact) mass is 203 g/mol. The molecule has 0 amide bonds. The van der Waals surface area contributed by atoms with Crippen molar-refractivity contribution < 1.29 is 9.90 Å². The van der Waals surface area contributed by atoms with Gasteiger partial charge < -0.3 is 5.11 Å². The highest BCUT2D eigenvalue weighted by molar-refractivity contribution is 5.91. The lowest BCUT2D eigenvalue weighted by Gasteiger charge is -1.90. The van der Waals surface area contributed by atoms with Gasteiger partial charge in [-0.05, 0) is 18.2 Å². The van der Waals surface area contributed by atoms with E-state index in [4.69, 9.17) is 5.11 Å². The highest BCUT2D eigenvalue weighted by Gasteiger charge is 2.06. The molecule has 1 N–H and O–H groups in total. The Morgan fingerprint density at radius 2 is 2.20 bits per heavy atom. The van der Waals surface area contributed by atoms with Crippen molar-refractivity contribution in [3.63, 3.8) is 0 Å². The summed E-state index contributed by atoms with van der Waals surface area (Å²) in [4.78, 5) is 12.2. The molecule has 15 heavy (non-hydrogen) atoms. The maximum absolute atomic E-state index is 10.7. The van der Waals surface area contributed by atoms with Crippen molar-refractivity contribution in [2.45, 2.75) is 6.54 Å².